The summed E-state index contributed by atoms with van der Waals surface area (Å²) in [7, 11) is 1.65. The first-order valence-electron chi connectivity index (χ1n) is 9.66. The van der Waals surface area contributed by atoms with Crippen molar-refractivity contribution in [1.82, 2.24) is 0 Å². The summed E-state index contributed by atoms with van der Waals surface area (Å²) in [6.07, 6.45) is 2.59. The van der Waals surface area contributed by atoms with E-state index in [1.54, 1.807) is 7.11 Å². The molecule has 3 atom stereocenters. The first-order chi connectivity index (χ1) is 13.0. The van der Waals surface area contributed by atoms with Gasteiger partial charge in [-0.15, -0.1) is 0 Å². The van der Waals surface area contributed by atoms with Gasteiger partial charge in [0.25, 0.3) is 0 Å². The number of aryl methyl sites for hydroxylation is 2. The van der Waals surface area contributed by atoms with Crippen LogP contribution >= 0.6 is 0 Å². The maximum absolute atomic E-state index is 10.6. The summed E-state index contributed by atoms with van der Waals surface area (Å²) in [5.74, 6) is 0.809. The van der Waals surface area contributed by atoms with E-state index < -0.39 is 6.10 Å². The molecule has 7 heteroatoms. The molecule has 0 saturated carbocycles. The van der Waals surface area contributed by atoms with Crippen LogP contribution in [0.2, 0.25) is 0 Å². The van der Waals surface area contributed by atoms with Crippen LogP contribution in [0.3, 0.4) is 0 Å². The number of halogens is 2. The van der Waals surface area contributed by atoms with Gasteiger partial charge in [-0.1, -0.05) is 12.1 Å². The molecule has 1 aliphatic rings. The molecule has 1 aliphatic heterocycles. The van der Waals surface area contributed by atoms with Crippen molar-refractivity contribution >= 4 is 17.7 Å². The summed E-state index contributed by atoms with van der Waals surface area (Å²) in [6.45, 7) is 8.35. The van der Waals surface area contributed by atoms with Crippen molar-refractivity contribution in [3.05, 3.63) is 53.1 Å². The molecule has 29 heavy (non-hydrogen) atoms. The number of benzene rings is 2. The number of aliphatic imine (C=N–C) groups is 1. The van der Waals surface area contributed by atoms with Gasteiger partial charge in [-0.3, -0.25) is 4.90 Å². The van der Waals surface area contributed by atoms with E-state index in [1.807, 2.05) is 30.6 Å². The molecule has 0 spiro atoms. The highest BCUT2D eigenvalue weighted by atomic mass is 35.5. The lowest BCUT2D eigenvalue weighted by atomic mass is 10.0. The smallest absolute Gasteiger partial charge is 0.194 e. The molecular weight excluding hydrogens is 409 g/mol. The van der Waals surface area contributed by atoms with E-state index in [9.17, 15) is 5.11 Å². The van der Waals surface area contributed by atoms with E-state index in [0.717, 1.165) is 36.5 Å². The highest BCUT2D eigenvalue weighted by molar-refractivity contribution is 5.73. The Morgan fingerprint density at radius 2 is 1.76 bits per heavy atom. The van der Waals surface area contributed by atoms with Crippen molar-refractivity contribution in [3.63, 3.8) is 0 Å². The van der Waals surface area contributed by atoms with Crippen LogP contribution in [0.5, 0.6) is 5.75 Å². The van der Waals surface area contributed by atoms with E-state index in [1.165, 1.54) is 21.7 Å². The zero-order chi connectivity index (χ0) is 19.4. The number of hydrogen-bond donors (Lipinski definition) is 3. The Kier molecular flexibility index (Phi) is 10.1. The third-order valence-corrected chi connectivity index (χ3v) is 5.46. The van der Waals surface area contributed by atoms with Crippen LogP contribution in [-0.2, 0) is 0 Å². The highest BCUT2D eigenvalue weighted by Gasteiger charge is 2.23. The SMILES string of the molecule is COc1ccc(C(O)C(C)[NH2+]CCC[NH+]2C=Nc3cc(C)c(C)cc32)cc1.[Cl-].[Cl-]. The first-order valence-corrected chi connectivity index (χ1v) is 9.66. The van der Waals surface area contributed by atoms with Crippen LogP contribution in [0.1, 0.15) is 36.1 Å². The lowest BCUT2D eigenvalue weighted by molar-refractivity contribution is -0.734. The summed E-state index contributed by atoms with van der Waals surface area (Å²) < 4.78 is 5.17. The average Bonchev–Trinajstić information content (AvgIpc) is 3.06. The summed E-state index contributed by atoms with van der Waals surface area (Å²) in [5, 5.41) is 12.8. The van der Waals surface area contributed by atoms with E-state index >= 15 is 0 Å². The van der Waals surface area contributed by atoms with Crippen molar-refractivity contribution in [2.45, 2.75) is 39.3 Å². The quantitative estimate of drug-likeness (QED) is 0.363. The fraction of sp³-hybridized carbons (Fsp3) is 0.409. The zero-order valence-electron chi connectivity index (χ0n) is 17.5. The number of nitrogens with zero attached hydrogens (tertiary/aromatic N) is 1. The lowest BCUT2D eigenvalue weighted by Crippen LogP contribution is -3.05. The van der Waals surface area contributed by atoms with Gasteiger partial charge in [0.1, 0.15) is 23.6 Å². The van der Waals surface area contributed by atoms with Crippen molar-refractivity contribution in [3.8, 4) is 5.75 Å². The largest absolute Gasteiger partial charge is 1.00 e. The Labute approximate surface area is 186 Å². The molecular formula is C22H31Cl2N3O2. The molecule has 0 fully saturated rings. The molecule has 0 bridgehead atoms. The molecule has 0 amide bonds. The highest BCUT2D eigenvalue weighted by Crippen LogP contribution is 2.27. The fourth-order valence-corrected chi connectivity index (χ4v) is 3.49. The molecule has 3 unspecified atom stereocenters. The van der Waals surface area contributed by atoms with Crippen LogP contribution in [-0.4, -0.2) is 37.7 Å². The number of ether oxygens (including phenoxy) is 1. The van der Waals surface area contributed by atoms with Gasteiger partial charge in [-0.2, -0.15) is 4.99 Å². The minimum absolute atomic E-state index is 0. The lowest BCUT2D eigenvalue weighted by Gasteiger charge is -2.18. The number of nitrogens with one attached hydrogen (secondary N) is 1. The van der Waals surface area contributed by atoms with Crippen LogP contribution in [0.4, 0.5) is 11.4 Å². The van der Waals surface area contributed by atoms with Gasteiger partial charge in [-0.25, -0.2) is 0 Å². The molecule has 160 valence electrons. The summed E-state index contributed by atoms with van der Waals surface area (Å²) in [5.41, 5.74) is 5.92. The van der Waals surface area contributed by atoms with Gasteiger partial charge in [-0.05, 0) is 55.7 Å². The number of hydrogen-bond acceptors (Lipinski definition) is 3. The van der Waals surface area contributed by atoms with Gasteiger partial charge in [0.15, 0.2) is 12.0 Å². The Hall–Kier alpha value is -1.63. The Morgan fingerprint density at radius 1 is 1.10 bits per heavy atom. The Morgan fingerprint density at radius 3 is 2.41 bits per heavy atom. The van der Waals surface area contributed by atoms with Crippen molar-refractivity contribution < 1.29 is 44.9 Å². The maximum atomic E-state index is 10.6. The second-order valence-electron chi connectivity index (χ2n) is 7.44. The molecule has 4 N–H and O–H groups in total. The van der Waals surface area contributed by atoms with Crippen molar-refractivity contribution in [1.29, 1.82) is 0 Å². The van der Waals surface area contributed by atoms with Crippen molar-refractivity contribution in [2.24, 2.45) is 4.99 Å². The summed E-state index contributed by atoms with van der Waals surface area (Å²) in [6, 6.07) is 12.2. The molecule has 0 radical (unpaired) electrons. The number of fused-ring (bicyclic) bond motifs is 1. The Bertz CT molecular complexity index is 812. The monoisotopic (exact) mass is 439 g/mol. The molecule has 2 aromatic carbocycles. The van der Waals surface area contributed by atoms with Gasteiger partial charge < -0.3 is 40.0 Å². The van der Waals surface area contributed by atoms with E-state index in [4.69, 9.17) is 4.74 Å². The van der Waals surface area contributed by atoms with Crippen molar-refractivity contribution in [2.75, 3.05) is 20.2 Å². The zero-order valence-corrected chi connectivity index (χ0v) is 19.0. The van der Waals surface area contributed by atoms with Gasteiger partial charge >= 0.3 is 0 Å². The third kappa shape index (κ3) is 6.17. The number of aliphatic hydroxyl groups excluding tert-OH is 1. The second-order valence-corrected chi connectivity index (χ2v) is 7.44. The van der Waals surface area contributed by atoms with E-state index in [0.29, 0.717) is 0 Å². The van der Waals surface area contributed by atoms with Crippen LogP contribution < -0.4 is 39.8 Å². The number of rotatable bonds is 8. The molecule has 0 aromatic heterocycles. The number of quaternary nitrogens is 2. The third-order valence-electron chi connectivity index (χ3n) is 5.46. The van der Waals surface area contributed by atoms with Crippen LogP contribution in [0.15, 0.2) is 41.4 Å². The standard InChI is InChI=1S/C22H29N3O2.2ClH/c1-15-12-20-21(13-16(15)2)25(14-24-20)11-5-10-23-17(3)22(26)18-6-8-19(27-4)9-7-18;;/h6-9,12-14,17,22-23,26H,5,10-11H2,1-4H3;2*1H. The molecule has 2 aromatic rings. The summed E-state index contributed by atoms with van der Waals surface area (Å²) in [4.78, 5) is 5.88. The van der Waals surface area contributed by atoms with E-state index in [2.05, 4.69) is 43.2 Å². The molecule has 3 rings (SSSR count). The van der Waals surface area contributed by atoms with Gasteiger partial charge in [0.05, 0.1) is 20.2 Å². The molecule has 0 saturated heterocycles. The minimum Gasteiger partial charge on any atom is -1.00 e. The number of nitrogens with two attached hydrogens (primary N) is 1. The van der Waals surface area contributed by atoms with Crippen LogP contribution in [0, 0.1) is 13.8 Å². The number of methoxy groups -OCH3 is 1. The maximum Gasteiger partial charge on any atom is 0.194 e. The molecule has 5 nitrogen and oxygen atoms in total. The predicted octanol–water partition coefficient (Wildman–Crippen LogP) is -4.41. The Balaban J connectivity index is 0.00000210. The minimum atomic E-state index is -0.483. The summed E-state index contributed by atoms with van der Waals surface area (Å²) >= 11 is 0. The second kappa shape index (κ2) is 11.5. The molecule has 1 heterocycles. The normalized spacial score (nSPS) is 16.4. The predicted molar refractivity (Wildman–Crippen MR) is 108 cm³/mol. The van der Waals surface area contributed by atoms with Gasteiger partial charge in [0.2, 0.25) is 0 Å². The van der Waals surface area contributed by atoms with E-state index in [-0.39, 0.29) is 30.9 Å². The fourth-order valence-electron chi connectivity index (χ4n) is 3.49. The average molecular weight is 440 g/mol. The van der Waals surface area contributed by atoms with Gasteiger partial charge in [0, 0.05) is 12.5 Å². The molecule has 0 aliphatic carbocycles. The van der Waals surface area contributed by atoms with Crippen LogP contribution in [0.25, 0.3) is 0 Å². The first kappa shape index (κ1) is 25.4. The topological polar surface area (TPSA) is 62.9 Å². The number of aliphatic hydroxyl groups is 1.